The number of amidine groups is 1. The van der Waals surface area contributed by atoms with Crippen LogP contribution in [0.2, 0.25) is 5.02 Å². The van der Waals surface area contributed by atoms with Gasteiger partial charge >= 0.3 is 11.9 Å². The van der Waals surface area contributed by atoms with Crippen LogP contribution in [0.4, 0.5) is 23.2 Å². The predicted octanol–water partition coefficient (Wildman–Crippen LogP) is 3.46. The number of carbonyl (C=O) groups is 1. The Kier molecular flexibility index (Phi) is 5.70. The average Bonchev–Trinajstić information content (AvgIpc) is 3.00. The largest absolute Gasteiger partial charge is 0.431 e. The highest BCUT2D eigenvalue weighted by Crippen LogP contribution is 2.36. The molecule has 2 aliphatic rings. The van der Waals surface area contributed by atoms with E-state index in [1.54, 1.807) is 4.90 Å². The number of alkyl halides is 3. The topological polar surface area (TPSA) is 76.7 Å². The Balaban J connectivity index is 1.84. The van der Waals surface area contributed by atoms with Crippen molar-refractivity contribution in [2.45, 2.75) is 31.5 Å². The number of carbonyl (C=O) groups excluding carboxylic acids is 1. The van der Waals surface area contributed by atoms with Crippen LogP contribution in [0.25, 0.3) is 5.69 Å². The molecule has 13 heteroatoms. The van der Waals surface area contributed by atoms with Gasteiger partial charge in [-0.15, -0.1) is 0 Å². The van der Waals surface area contributed by atoms with E-state index >= 15 is 0 Å². The number of benzene rings is 1. The van der Waals surface area contributed by atoms with Gasteiger partial charge in [0.05, 0.1) is 22.2 Å². The molecule has 0 spiro atoms. The molecule has 0 N–H and O–H groups in total. The van der Waals surface area contributed by atoms with Crippen molar-refractivity contribution in [2.75, 3.05) is 5.75 Å². The fraction of sp³-hybridized carbons (Fsp3) is 0.368. The zero-order valence-electron chi connectivity index (χ0n) is 16.4. The summed E-state index contributed by atoms with van der Waals surface area (Å²) in [6.07, 6.45) is -2.32. The van der Waals surface area contributed by atoms with E-state index in [-0.39, 0.29) is 43.6 Å². The Morgan fingerprint density at radius 2 is 1.84 bits per heavy atom. The summed E-state index contributed by atoms with van der Waals surface area (Å²) in [5.41, 5.74) is -4.83. The molecule has 1 aliphatic carbocycles. The molecule has 1 aliphatic heterocycles. The van der Waals surface area contributed by atoms with Gasteiger partial charge in [0.2, 0.25) is 5.91 Å². The number of hydrogen-bond donors (Lipinski definition) is 0. The molecule has 0 unspecified atom stereocenters. The molecule has 2 fully saturated rings. The zero-order chi connectivity index (χ0) is 23.4. The summed E-state index contributed by atoms with van der Waals surface area (Å²) in [6.45, 7) is 0. The van der Waals surface area contributed by atoms with Crippen LogP contribution < -0.4 is 11.2 Å². The van der Waals surface area contributed by atoms with Gasteiger partial charge in [0.1, 0.15) is 11.5 Å². The minimum atomic E-state index is -4.95. The molecule has 0 atom stereocenters. The van der Waals surface area contributed by atoms with Crippen molar-refractivity contribution in [1.82, 2.24) is 14.0 Å². The Labute approximate surface area is 187 Å². The summed E-state index contributed by atoms with van der Waals surface area (Å²) in [4.78, 5) is 43.0. The fourth-order valence-electron chi connectivity index (χ4n) is 3.47. The second-order valence-electron chi connectivity index (χ2n) is 7.33. The summed E-state index contributed by atoms with van der Waals surface area (Å²) in [5, 5.41) is 0.205. The lowest BCUT2D eigenvalue weighted by Crippen LogP contribution is -2.43. The van der Waals surface area contributed by atoms with Crippen LogP contribution in [-0.2, 0) is 18.0 Å². The Hall–Kier alpha value is -2.60. The van der Waals surface area contributed by atoms with E-state index in [9.17, 15) is 31.9 Å². The van der Waals surface area contributed by atoms with E-state index in [0.717, 1.165) is 38.4 Å². The van der Waals surface area contributed by atoms with Crippen LogP contribution >= 0.6 is 23.4 Å². The van der Waals surface area contributed by atoms with Gasteiger partial charge in [0.15, 0.2) is 5.17 Å². The van der Waals surface area contributed by atoms with Crippen molar-refractivity contribution in [3.05, 3.63) is 55.6 Å². The first-order chi connectivity index (χ1) is 15.0. The van der Waals surface area contributed by atoms with Crippen LogP contribution in [0.1, 0.15) is 25.0 Å². The summed E-state index contributed by atoms with van der Waals surface area (Å²) in [6, 6.07) is 2.04. The van der Waals surface area contributed by atoms with Gasteiger partial charge in [-0.05, 0) is 31.4 Å². The van der Waals surface area contributed by atoms with E-state index in [1.807, 2.05) is 0 Å². The van der Waals surface area contributed by atoms with E-state index in [0.29, 0.717) is 5.17 Å². The predicted molar refractivity (Wildman–Crippen MR) is 111 cm³/mol. The normalized spacial score (nSPS) is 18.5. The minimum absolute atomic E-state index is 0.0137. The first-order valence-electron chi connectivity index (χ1n) is 9.42. The number of rotatable bonds is 3. The molecular formula is C19H15ClF4N4O3S. The second kappa shape index (κ2) is 8.07. The third-order valence-corrected chi connectivity index (χ3v) is 6.56. The van der Waals surface area contributed by atoms with Crippen molar-refractivity contribution < 1.29 is 22.4 Å². The lowest BCUT2D eigenvalue weighted by molar-refractivity contribution is -0.144. The van der Waals surface area contributed by atoms with E-state index < -0.39 is 34.6 Å². The molecule has 1 aromatic heterocycles. The van der Waals surface area contributed by atoms with Gasteiger partial charge in [-0.25, -0.2) is 18.7 Å². The van der Waals surface area contributed by atoms with Crippen molar-refractivity contribution in [2.24, 2.45) is 12.0 Å². The van der Waals surface area contributed by atoms with Crippen LogP contribution in [0, 0.1) is 5.82 Å². The van der Waals surface area contributed by atoms with Gasteiger partial charge in [-0.2, -0.15) is 13.2 Å². The molecular weight excluding hydrogens is 476 g/mol. The van der Waals surface area contributed by atoms with Crippen LogP contribution in [0.3, 0.4) is 0 Å². The first kappa shape index (κ1) is 22.6. The highest BCUT2D eigenvalue weighted by atomic mass is 35.5. The standard InChI is InChI=1S/C19H15ClF4N4O3S/c1-26-14(19(22,23)24)7-15(29)28(18(26)31)13-6-12(10(20)5-11(13)21)25-17-27(9-3-2-4-9)16(30)8-32-17/h5-7,9H,2-4,8H2,1H3/b25-17-. The van der Waals surface area contributed by atoms with Crippen molar-refractivity contribution >= 4 is 40.1 Å². The molecule has 1 aromatic carbocycles. The van der Waals surface area contributed by atoms with Crippen molar-refractivity contribution in [3.63, 3.8) is 0 Å². The Morgan fingerprint density at radius 1 is 1.16 bits per heavy atom. The molecule has 2 aromatic rings. The molecule has 1 amide bonds. The third kappa shape index (κ3) is 3.85. The van der Waals surface area contributed by atoms with Gasteiger partial charge in [-0.1, -0.05) is 23.4 Å². The zero-order valence-corrected chi connectivity index (χ0v) is 18.0. The van der Waals surface area contributed by atoms with Crippen LogP contribution in [0.15, 0.2) is 32.8 Å². The summed E-state index contributed by atoms with van der Waals surface area (Å²) < 4.78 is 54.4. The molecule has 0 radical (unpaired) electrons. The molecule has 32 heavy (non-hydrogen) atoms. The van der Waals surface area contributed by atoms with E-state index in [1.165, 1.54) is 11.8 Å². The van der Waals surface area contributed by atoms with Crippen molar-refractivity contribution in [3.8, 4) is 5.69 Å². The van der Waals surface area contributed by atoms with Crippen LogP contribution in [0.5, 0.6) is 0 Å². The smallest absolute Gasteiger partial charge is 0.292 e. The Bertz CT molecular complexity index is 1270. The number of aliphatic imine (C=N–C) groups is 1. The Morgan fingerprint density at radius 3 is 2.44 bits per heavy atom. The van der Waals surface area contributed by atoms with Gasteiger partial charge in [0.25, 0.3) is 5.56 Å². The lowest BCUT2D eigenvalue weighted by Gasteiger charge is -2.34. The summed E-state index contributed by atoms with van der Waals surface area (Å²) in [7, 11) is 0.827. The van der Waals surface area contributed by atoms with E-state index in [2.05, 4.69) is 4.99 Å². The maximum atomic E-state index is 14.7. The highest BCUT2D eigenvalue weighted by Gasteiger charge is 2.38. The van der Waals surface area contributed by atoms with E-state index in [4.69, 9.17) is 11.6 Å². The van der Waals surface area contributed by atoms with Crippen molar-refractivity contribution in [1.29, 1.82) is 0 Å². The third-order valence-electron chi connectivity index (χ3n) is 5.32. The number of hydrogen-bond acceptors (Lipinski definition) is 5. The number of aromatic nitrogens is 2. The molecule has 1 saturated carbocycles. The highest BCUT2D eigenvalue weighted by molar-refractivity contribution is 8.15. The number of nitrogens with zero attached hydrogens (tertiary/aromatic N) is 4. The molecule has 0 bridgehead atoms. The average molecular weight is 491 g/mol. The molecule has 4 rings (SSSR count). The van der Waals surface area contributed by atoms with Crippen LogP contribution in [-0.4, -0.2) is 36.9 Å². The summed E-state index contributed by atoms with van der Waals surface area (Å²) >= 11 is 7.27. The second-order valence-corrected chi connectivity index (χ2v) is 8.68. The number of halogens is 5. The molecule has 2 heterocycles. The molecule has 170 valence electrons. The maximum Gasteiger partial charge on any atom is 0.431 e. The van der Waals surface area contributed by atoms with Gasteiger partial charge in [-0.3, -0.25) is 19.1 Å². The fourth-order valence-corrected chi connectivity index (χ4v) is 4.61. The number of thioether (sulfide) groups is 1. The first-order valence-corrected chi connectivity index (χ1v) is 10.8. The summed E-state index contributed by atoms with van der Waals surface area (Å²) in [5.74, 6) is -1.03. The maximum absolute atomic E-state index is 14.7. The lowest BCUT2D eigenvalue weighted by atomic mass is 9.92. The number of amides is 1. The van der Waals surface area contributed by atoms with Gasteiger partial charge < -0.3 is 0 Å². The quantitative estimate of drug-likeness (QED) is 0.617. The SMILES string of the molecule is Cn1c(C(F)(F)F)cc(=O)n(-c2cc(/N=C3\SCC(=O)N3C3CCC3)c(Cl)cc2F)c1=O. The minimum Gasteiger partial charge on any atom is -0.292 e. The van der Waals surface area contributed by atoms with Gasteiger partial charge in [0, 0.05) is 19.2 Å². The molecule has 1 saturated heterocycles. The molecule has 7 nitrogen and oxygen atoms in total. The monoisotopic (exact) mass is 490 g/mol.